The number of benzene rings is 1. The predicted molar refractivity (Wildman–Crippen MR) is 90.8 cm³/mol. The molecule has 0 aliphatic rings. The van der Waals surface area contributed by atoms with Crippen LogP contribution in [0.2, 0.25) is 0 Å². The monoisotopic (exact) mass is 335 g/mol. The Morgan fingerprint density at radius 3 is 2.38 bits per heavy atom. The van der Waals surface area contributed by atoms with Gasteiger partial charge in [-0.05, 0) is 25.0 Å². The fraction of sp³-hybridized carbons (Fsp3) is 0.471. The number of likely N-dealkylation sites (N-methyl/N-ethyl adjacent to an activating group) is 1. The minimum Gasteiger partial charge on any atom is -0.496 e. The van der Waals surface area contributed by atoms with Crippen LogP contribution in [0.25, 0.3) is 0 Å². The Morgan fingerprint density at radius 1 is 1.12 bits per heavy atom. The second kappa shape index (κ2) is 9.54. The molecule has 0 aliphatic carbocycles. The molecule has 0 aromatic heterocycles. The van der Waals surface area contributed by atoms with E-state index in [1.807, 2.05) is 13.8 Å². The lowest BCUT2D eigenvalue weighted by atomic mass is 10.0. The molecule has 1 aromatic carbocycles. The molecule has 0 spiro atoms. The Morgan fingerprint density at radius 2 is 1.79 bits per heavy atom. The maximum atomic E-state index is 12.4. The van der Waals surface area contributed by atoms with Crippen molar-refractivity contribution in [3.8, 4) is 5.75 Å². The molecule has 0 radical (unpaired) electrons. The van der Waals surface area contributed by atoms with Crippen LogP contribution in [0.3, 0.4) is 0 Å². The number of nitrogens with one attached hydrogen (secondary N) is 3. The molecule has 0 bridgehead atoms. The van der Waals surface area contributed by atoms with E-state index in [0.29, 0.717) is 17.9 Å². The van der Waals surface area contributed by atoms with Gasteiger partial charge >= 0.3 is 0 Å². The molecular weight excluding hydrogens is 310 g/mol. The summed E-state index contributed by atoms with van der Waals surface area (Å²) in [6.45, 7) is 5.80. The molecule has 0 unspecified atom stereocenters. The van der Waals surface area contributed by atoms with Crippen LogP contribution in [0, 0.1) is 5.92 Å². The first-order valence-electron chi connectivity index (χ1n) is 7.89. The Balaban J connectivity index is 2.76. The third-order valence-corrected chi connectivity index (χ3v) is 3.38. The van der Waals surface area contributed by atoms with Crippen molar-refractivity contribution in [1.29, 1.82) is 0 Å². The highest BCUT2D eigenvalue weighted by Gasteiger charge is 2.25. The molecule has 0 saturated heterocycles. The van der Waals surface area contributed by atoms with Gasteiger partial charge in [0.1, 0.15) is 11.8 Å². The van der Waals surface area contributed by atoms with E-state index in [0.717, 1.165) is 0 Å². The van der Waals surface area contributed by atoms with E-state index < -0.39 is 17.9 Å². The highest BCUT2D eigenvalue weighted by Crippen LogP contribution is 2.17. The molecule has 3 amide bonds. The summed E-state index contributed by atoms with van der Waals surface area (Å²) in [6, 6.07) is 6.02. The van der Waals surface area contributed by atoms with Crippen molar-refractivity contribution in [1.82, 2.24) is 16.0 Å². The quantitative estimate of drug-likeness (QED) is 0.651. The molecule has 132 valence electrons. The number of carbonyl (C=O) groups is 3. The fourth-order valence-corrected chi connectivity index (χ4v) is 2.12. The van der Waals surface area contributed by atoms with Gasteiger partial charge in [-0.25, -0.2) is 0 Å². The molecule has 1 aromatic rings. The average Bonchev–Trinajstić information content (AvgIpc) is 2.57. The van der Waals surface area contributed by atoms with Crippen LogP contribution in [-0.2, 0) is 9.59 Å². The standard InChI is InChI=1S/C17H25N3O4/c1-5-18-14(21)10-19-17(23)15(11(2)3)20-16(22)12-8-6-7-9-13(12)24-4/h6-9,11,15H,5,10H2,1-4H3,(H,18,21)(H,19,23)(H,20,22)/t15-/m0/s1. The first-order chi connectivity index (χ1) is 11.4. The zero-order chi connectivity index (χ0) is 18.1. The molecule has 1 rings (SSSR count). The summed E-state index contributed by atoms with van der Waals surface area (Å²) in [5, 5.41) is 7.83. The lowest BCUT2D eigenvalue weighted by Gasteiger charge is -2.22. The van der Waals surface area contributed by atoms with Gasteiger partial charge in [-0.2, -0.15) is 0 Å². The van der Waals surface area contributed by atoms with E-state index in [1.165, 1.54) is 7.11 Å². The summed E-state index contributed by atoms with van der Waals surface area (Å²) in [4.78, 5) is 36.1. The molecule has 1 atom stereocenters. The van der Waals surface area contributed by atoms with Gasteiger partial charge in [-0.15, -0.1) is 0 Å². The maximum absolute atomic E-state index is 12.4. The van der Waals surface area contributed by atoms with E-state index in [-0.39, 0.29) is 18.4 Å². The van der Waals surface area contributed by atoms with Gasteiger partial charge in [0, 0.05) is 6.54 Å². The predicted octanol–water partition coefficient (Wildman–Crippen LogP) is 0.702. The number of methoxy groups -OCH3 is 1. The first kappa shape index (κ1) is 19.5. The van der Waals surface area contributed by atoms with Gasteiger partial charge in [0.25, 0.3) is 5.91 Å². The summed E-state index contributed by atoms with van der Waals surface area (Å²) in [7, 11) is 1.48. The summed E-state index contributed by atoms with van der Waals surface area (Å²) < 4.78 is 5.16. The van der Waals surface area contributed by atoms with Gasteiger partial charge in [-0.3, -0.25) is 14.4 Å². The van der Waals surface area contributed by atoms with Crippen molar-refractivity contribution in [2.45, 2.75) is 26.8 Å². The topological polar surface area (TPSA) is 96.5 Å². The molecule has 0 aliphatic heterocycles. The van der Waals surface area contributed by atoms with Crippen LogP contribution in [0.5, 0.6) is 5.75 Å². The van der Waals surface area contributed by atoms with Crippen molar-refractivity contribution in [3.63, 3.8) is 0 Å². The van der Waals surface area contributed by atoms with E-state index in [4.69, 9.17) is 4.74 Å². The highest BCUT2D eigenvalue weighted by molar-refractivity contribution is 6.00. The summed E-state index contributed by atoms with van der Waals surface area (Å²) in [6.07, 6.45) is 0. The van der Waals surface area contributed by atoms with Crippen LogP contribution in [0.4, 0.5) is 0 Å². The maximum Gasteiger partial charge on any atom is 0.255 e. The van der Waals surface area contributed by atoms with E-state index >= 15 is 0 Å². The summed E-state index contributed by atoms with van der Waals surface area (Å²) in [5.74, 6) is -0.790. The largest absolute Gasteiger partial charge is 0.496 e. The van der Waals surface area contributed by atoms with Crippen molar-refractivity contribution in [3.05, 3.63) is 29.8 Å². The molecule has 3 N–H and O–H groups in total. The number of rotatable bonds is 8. The second-order valence-corrected chi connectivity index (χ2v) is 5.57. The van der Waals surface area contributed by atoms with Gasteiger partial charge < -0.3 is 20.7 Å². The Hall–Kier alpha value is -2.57. The van der Waals surface area contributed by atoms with Crippen LogP contribution < -0.4 is 20.7 Å². The van der Waals surface area contributed by atoms with E-state index in [1.54, 1.807) is 31.2 Å². The molecule has 7 nitrogen and oxygen atoms in total. The number of para-hydroxylation sites is 1. The molecule has 7 heteroatoms. The van der Waals surface area contributed by atoms with Crippen LogP contribution in [-0.4, -0.2) is 44.0 Å². The third kappa shape index (κ3) is 5.57. The number of ether oxygens (including phenoxy) is 1. The highest BCUT2D eigenvalue weighted by atomic mass is 16.5. The minimum absolute atomic E-state index is 0.125. The smallest absolute Gasteiger partial charge is 0.255 e. The molecule has 0 fully saturated rings. The van der Waals surface area contributed by atoms with Crippen LogP contribution >= 0.6 is 0 Å². The lowest BCUT2D eigenvalue weighted by Crippen LogP contribution is -2.51. The Bertz CT molecular complexity index is 587. The SMILES string of the molecule is CCNC(=O)CNC(=O)[C@@H](NC(=O)c1ccccc1OC)C(C)C. The zero-order valence-corrected chi connectivity index (χ0v) is 14.5. The fourth-order valence-electron chi connectivity index (χ4n) is 2.12. The average molecular weight is 335 g/mol. The summed E-state index contributed by atoms with van der Waals surface area (Å²) in [5.41, 5.74) is 0.349. The van der Waals surface area contributed by atoms with Gasteiger partial charge in [-0.1, -0.05) is 26.0 Å². The zero-order valence-electron chi connectivity index (χ0n) is 14.5. The van der Waals surface area contributed by atoms with Crippen LogP contribution in [0.1, 0.15) is 31.1 Å². The van der Waals surface area contributed by atoms with E-state index in [2.05, 4.69) is 16.0 Å². The molecule has 24 heavy (non-hydrogen) atoms. The molecule has 0 heterocycles. The third-order valence-electron chi connectivity index (χ3n) is 3.38. The minimum atomic E-state index is -0.753. The van der Waals surface area contributed by atoms with Crippen molar-refractivity contribution >= 4 is 17.7 Å². The van der Waals surface area contributed by atoms with Gasteiger partial charge in [0.15, 0.2) is 0 Å². The Labute approximate surface area is 142 Å². The first-order valence-corrected chi connectivity index (χ1v) is 7.89. The number of carbonyl (C=O) groups excluding carboxylic acids is 3. The van der Waals surface area contributed by atoms with Crippen molar-refractivity contribution in [2.24, 2.45) is 5.92 Å². The van der Waals surface area contributed by atoms with E-state index in [9.17, 15) is 14.4 Å². The lowest BCUT2D eigenvalue weighted by molar-refractivity contribution is -0.127. The van der Waals surface area contributed by atoms with Crippen molar-refractivity contribution < 1.29 is 19.1 Å². The number of amides is 3. The second-order valence-electron chi connectivity index (χ2n) is 5.57. The van der Waals surface area contributed by atoms with Gasteiger partial charge in [0.2, 0.25) is 11.8 Å². The Kier molecular flexibility index (Phi) is 7.74. The number of hydrogen-bond donors (Lipinski definition) is 3. The molecule has 0 saturated carbocycles. The molecular formula is C17H25N3O4. The number of hydrogen-bond acceptors (Lipinski definition) is 4. The van der Waals surface area contributed by atoms with Gasteiger partial charge in [0.05, 0.1) is 19.2 Å². The normalized spacial score (nSPS) is 11.5. The van der Waals surface area contributed by atoms with Crippen LogP contribution in [0.15, 0.2) is 24.3 Å². The summed E-state index contributed by atoms with van der Waals surface area (Å²) >= 11 is 0. The van der Waals surface area contributed by atoms with Crippen molar-refractivity contribution in [2.75, 3.05) is 20.2 Å².